The lowest BCUT2D eigenvalue weighted by Gasteiger charge is -2.14. The van der Waals surface area contributed by atoms with Gasteiger partial charge < -0.3 is 20.5 Å². The van der Waals surface area contributed by atoms with E-state index in [0.29, 0.717) is 12.1 Å². The molecule has 1 rings (SSSR count). The van der Waals surface area contributed by atoms with Crippen molar-refractivity contribution in [2.45, 2.75) is 25.6 Å². The first-order chi connectivity index (χ1) is 9.80. The summed E-state index contributed by atoms with van der Waals surface area (Å²) in [6.45, 7) is 0.343. The number of ether oxygens (including phenoxy) is 1. The summed E-state index contributed by atoms with van der Waals surface area (Å²) in [5.74, 6) is 0.0620. The number of amides is 2. The van der Waals surface area contributed by atoms with E-state index in [-0.39, 0.29) is 18.4 Å². The zero-order valence-electron chi connectivity index (χ0n) is 11.4. The highest BCUT2D eigenvalue weighted by molar-refractivity contribution is 5.89. The Kier molecular flexibility index (Phi) is 6.29. The average molecular weight is 306 g/mol. The van der Waals surface area contributed by atoms with E-state index in [9.17, 15) is 18.0 Å². The molecule has 1 atom stereocenters. The summed E-state index contributed by atoms with van der Waals surface area (Å²) in [6, 6.07) is 4.88. The van der Waals surface area contributed by atoms with E-state index < -0.39 is 18.8 Å². The predicted molar refractivity (Wildman–Crippen MR) is 71.3 cm³/mol. The minimum atomic E-state index is -4.39. The quantitative estimate of drug-likeness (QED) is 0.756. The Morgan fingerprint density at radius 2 is 1.95 bits per heavy atom. The van der Waals surface area contributed by atoms with E-state index >= 15 is 0 Å². The maximum Gasteiger partial charge on any atom is 0.422 e. The lowest BCUT2D eigenvalue weighted by Crippen LogP contribution is -2.36. The molecule has 3 N–H and O–H groups in total. The second kappa shape index (κ2) is 7.72. The average Bonchev–Trinajstić information content (AvgIpc) is 2.37. The highest BCUT2D eigenvalue weighted by Gasteiger charge is 2.28. The lowest BCUT2D eigenvalue weighted by atomic mass is 10.2. The Balaban J connectivity index is 2.45. The first kappa shape index (κ1) is 17.1. The first-order valence-corrected chi connectivity index (χ1v) is 6.28. The molecule has 0 saturated heterocycles. The van der Waals surface area contributed by atoms with Gasteiger partial charge in [0, 0.05) is 18.3 Å². The summed E-state index contributed by atoms with van der Waals surface area (Å²) in [5, 5.41) is 13.8. The molecule has 21 heavy (non-hydrogen) atoms. The third kappa shape index (κ3) is 7.40. The van der Waals surface area contributed by atoms with Gasteiger partial charge in [-0.2, -0.15) is 13.2 Å². The summed E-state index contributed by atoms with van der Waals surface area (Å²) in [5.41, 5.74) is 0.419. The van der Waals surface area contributed by atoms with Crippen molar-refractivity contribution in [2.24, 2.45) is 0 Å². The Labute approximate surface area is 120 Å². The van der Waals surface area contributed by atoms with Crippen LogP contribution in [0.2, 0.25) is 0 Å². The molecule has 0 aliphatic heterocycles. The van der Waals surface area contributed by atoms with Crippen LogP contribution in [0.15, 0.2) is 24.3 Å². The molecule has 0 radical (unpaired) electrons. The Hall–Kier alpha value is -1.96. The molecular formula is C13H17F3N2O3. The van der Waals surface area contributed by atoms with Crippen molar-refractivity contribution in [3.05, 3.63) is 24.3 Å². The van der Waals surface area contributed by atoms with Crippen molar-refractivity contribution in [3.8, 4) is 5.75 Å². The highest BCUT2D eigenvalue weighted by atomic mass is 19.4. The van der Waals surface area contributed by atoms with Crippen LogP contribution < -0.4 is 15.4 Å². The zero-order chi connectivity index (χ0) is 15.9. The standard InChI is InChI=1S/C13H17F3N2O3/c1-9(6-7-19)17-12(20)18-10-2-4-11(5-3-10)21-8-13(14,15)16/h2-5,9,19H,6-8H2,1H3,(H2,17,18,20). The minimum absolute atomic E-state index is 0.0350. The summed E-state index contributed by atoms with van der Waals surface area (Å²) in [4.78, 5) is 11.6. The van der Waals surface area contributed by atoms with Gasteiger partial charge in [0.1, 0.15) is 5.75 Å². The number of urea groups is 1. The number of aliphatic hydroxyl groups excluding tert-OH is 1. The molecule has 0 aliphatic carbocycles. The highest BCUT2D eigenvalue weighted by Crippen LogP contribution is 2.20. The molecular weight excluding hydrogens is 289 g/mol. The molecule has 0 bridgehead atoms. The van der Waals surface area contributed by atoms with Crippen molar-refractivity contribution in [1.82, 2.24) is 5.32 Å². The van der Waals surface area contributed by atoms with Gasteiger partial charge in [0.2, 0.25) is 0 Å². The number of benzene rings is 1. The smallest absolute Gasteiger partial charge is 0.422 e. The summed E-state index contributed by atoms with van der Waals surface area (Å²) >= 11 is 0. The fraction of sp³-hybridized carbons (Fsp3) is 0.462. The van der Waals surface area contributed by atoms with Gasteiger partial charge in [-0.25, -0.2) is 4.79 Å². The van der Waals surface area contributed by atoms with Gasteiger partial charge in [-0.1, -0.05) is 0 Å². The monoisotopic (exact) mass is 306 g/mol. The fourth-order valence-corrected chi connectivity index (χ4v) is 1.46. The topological polar surface area (TPSA) is 70.6 Å². The predicted octanol–water partition coefficient (Wildman–Crippen LogP) is 2.52. The number of hydrogen-bond donors (Lipinski definition) is 3. The number of alkyl halides is 3. The molecule has 0 aliphatic rings. The summed E-state index contributed by atoms with van der Waals surface area (Å²) in [6.07, 6.45) is -3.96. The molecule has 1 aromatic carbocycles. The molecule has 0 saturated carbocycles. The minimum Gasteiger partial charge on any atom is -0.484 e. The Bertz CT molecular complexity index is 449. The SMILES string of the molecule is CC(CCO)NC(=O)Nc1ccc(OCC(F)(F)F)cc1. The van der Waals surface area contributed by atoms with Crippen LogP contribution in [-0.4, -0.2) is 36.6 Å². The molecule has 5 nitrogen and oxygen atoms in total. The lowest BCUT2D eigenvalue weighted by molar-refractivity contribution is -0.153. The van der Waals surface area contributed by atoms with Crippen LogP contribution >= 0.6 is 0 Å². The van der Waals surface area contributed by atoms with Crippen molar-refractivity contribution in [1.29, 1.82) is 0 Å². The molecule has 8 heteroatoms. The van der Waals surface area contributed by atoms with Gasteiger partial charge in [0.15, 0.2) is 6.61 Å². The fourth-order valence-electron chi connectivity index (χ4n) is 1.46. The Morgan fingerprint density at radius 1 is 1.33 bits per heavy atom. The van der Waals surface area contributed by atoms with Crippen LogP contribution in [-0.2, 0) is 0 Å². The van der Waals surface area contributed by atoms with E-state index in [0.717, 1.165) is 0 Å². The van der Waals surface area contributed by atoms with E-state index in [1.54, 1.807) is 6.92 Å². The molecule has 1 aromatic rings. The number of rotatable bonds is 6. The third-order valence-electron chi connectivity index (χ3n) is 2.45. The first-order valence-electron chi connectivity index (χ1n) is 6.28. The second-order valence-electron chi connectivity index (χ2n) is 4.44. The third-order valence-corrected chi connectivity index (χ3v) is 2.45. The van der Waals surface area contributed by atoms with Gasteiger partial charge in [-0.15, -0.1) is 0 Å². The number of nitrogens with one attached hydrogen (secondary N) is 2. The van der Waals surface area contributed by atoms with Gasteiger partial charge in [-0.05, 0) is 37.6 Å². The number of aliphatic hydroxyl groups is 1. The normalized spacial score (nSPS) is 12.6. The van der Waals surface area contributed by atoms with Gasteiger partial charge >= 0.3 is 12.2 Å². The maximum atomic E-state index is 12.0. The number of carbonyl (C=O) groups excluding carboxylic acids is 1. The number of carbonyl (C=O) groups is 1. The summed E-state index contributed by atoms with van der Waals surface area (Å²) in [7, 11) is 0. The van der Waals surface area contributed by atoms with Gasteiger partial charge in [-0.3, -0.25) is 0 Å². The van der Waals surface area contributed by atoms with Crippen LogP contribution in [0.1, 0.15) is 13.3 Å². The summed E-state index contributed by atoms with van der Waals surface area (Å²) < 4.78 is 40.5. The number of halogens is 3. The van der Waals surface area contributed by atoms with Crippen molar-refractivity contribution in [2.75, 3.05) is 18.5 Å². The zero-order valence-corrected chi connectivity index (χ0v) is 11.4. The van der Waals surface area contributed by atoms with Crippen LogP contribution in [0.25, 0.3) is 0 Å². The maximum absolute atomic E-state index is 12.0. The number of hydrogen-bond acceptors (Lipinski definition) is 3. The molecule has 118 valence electrons. The molecule has 0 heterocycles. The molecule has 0 spiro atoms. The van der Waals surface area contributed by atoms with Crippen molar-refractivity contribution in [3.63, 3.8) is 0 Å². The van der Waals surface area contributed by atoms with Crippen molar-refractivity contribution >= 4 is 11.7 Å². The van der Waals surface area contributed by atoms with E-state index in [2.05, 4.69) is 15.4 Å². The van der Waals surface area contributed by atoms with Crippen LogP contribution in [0, 0.1) is 0 Å². The van der Waals surface area contributed by atoms with Gasteiger partial charge in [0.25, 0.3) is 0 Å². The van der Waals surface area contributed by atoms with E-state index in [1.807, 2.05) is 0 Å². The number of anilines is 1. The van der Waals surface area contributed by atoms with Crippen LogP contribution in [0.5, 0.6) is 5.75 Å². The van der Waals surface area contributed by atoms with Crippen LogP contribution in [0.3, 0.4) is 0 Å². The largest absolute Gasteiger partial charge is 0.484 e. The van der Waals surface area contributed by atoms with E-state index in [1.165, 1.54) is 24.3 Å². The Morgan fingerprint density at radius 3 is 2.48 bits per heavy atom. The molecule has 0 fully saturated rings. The van der Waals surface area contributed by atoms with Gasteiger partial charge in [0.05, 0.1) is 0 Å². The molecule has 1 unspecified atom stereocenters. The van der Waals surface area contributed by atoms with E-state index in [4.69, 9.17) is 5.11 Å². The van der Waals surface area contributed by atoms with Crippen molar-refractivity contribution < 1.29 is 27.8 Å². The second-order valence-corrected chi connectivity index (χ2v) is 4.44. The molecule has 2 amide bonds. The molecule has 0 aromatic heterocycles. The van der Waals surface area contributed by atoms with Crippen LogP contribution in [0.4, 0.5) is 23.7 Å².